The first kappa shape index (κ1) is 19.6. The summed E-state index contributed by atoms with van der Waals surface area (Å²) in [6, 6.07) is 13.8. The summed E-state index contributed by atoms with van der Waals surface area (Å²) in [6.45, 7) is 0.552. The van der Waals surface area contributed by atoms with Crippen LogP contribution in [-0.2, 0) is 4.79 Å². The van der Waals surface area contributed by atoms with Crippen LogP contribution in [0.25, 0.3) is 0 Å². The average Bonchev–Trinajstić information content (AvgIpc) is 3.39. The minimum absolute atomic E-state index is 0.128. The first-order chi connectivity index (χ1) is 14.0. The van der Waals surface area contributed by atoms with Gasteiger partial charge in [0.1, 0.15) is 6.04 Å². The van der Waals surface area contributed by atoms with Crippen LogP contribution in [0, 0.1) is 0 Å². The fourth-order valence-electron chi connectivity index (χ4n) is 3.50. The van der Waals surface area contributed by atoms with Crippen molar-refractivity contribution in [3.8, 4) is 0 Å². The second kappa shape index (κ2) is 8.37. The van der Waals surface area contributed by atoms with Crippen LogP contribution in [0.5, 0.6) is 0 Å². The van der Waals surface area contributed by atoms with Crippen LogP contribution in [0.3, 0.4) is 0 Å². The summed E-state index contributed by atoms with van der Waals surface area (Å²) in [7, 11) is 0. The molecule has 0 radical (unpaired) electrons. The summed E-state index contributed by atoms with van der Waals surface area (Å²) in [5, 5.41) is 5.82. The summed E-state index contributed by atoms with van der Waals surface area (Å²) in [5.74, 6) is -0.503. The third-order valence-corrected chi connectivity index (χ3v) is 5.74. The van der Waals surface area contributed by atoms with E-state index in [-0.39, 0.29) is 23.8 Å². The summed E-state index contributed by atoms with van der Waals surface area (Å²) in [5.41, 5.74) is 1.64. The van der Waals surface area contributed by atoms with Crippen molar-refractivity contribution in [3.63, 3.8) is 0 Å². The molecule has 150 valence electrons. The number of benzene rings is 2. The lowest BCUT2D eigenvalue weighted by atomic mass is 10.1. The molecule has 1 aliphatic carbocycles. The molecule has 0 spiro atoms. The number of carbonyl (C=O) groups is 3. The van der Waals surface area contributed by atoms with E-state index in [0.29, 0.717) is 29.8 Å². The van der Waals surface area contributed by atoms with Gasteiger partial charge in [0.15, 0.2) is 0 Å². The minimum atomic E-state index is -0.518. The topological polar surface area (TPSA) is 78.5 Å². The van der Waals surface area contributed by atoms with E-state index in [2.05, 4.69) is 26.6 Å². The van der Waals surface area contributed by atoms with Gasteiger partial charge in [-0.1, -0.05) is 22.0 Å². The Kier molecular flexibility index (Phi) is 5.67. The van der Waals surface area contributed by atoms with Crippen LogP contribution in [0.15, 0.2) is 53.0 Å². The average molecular weight is 456 g/mol. The van der Waals surface area contributed by atoms with Crippen molar-refractivity contribution in [1.82, 2.24) is 10.2 Å². The number of likely N-dealkylation sites (tertiary alicyclic amines) is 1. The van der Waals surface area contributed by atoms with Gasteiger partial charge in [-0.3, -0.25) is 14.4 Å². The second-order valence-electron chi connectivity index (χ2n) is 7.48. The Labute approximate surface area is 177 Å². The highest BCUT2D eigenvalue weighted by Gasteiger charge is 2.34. The van der Waals surface area contributed by atoms with Crippen molar-refractivity contribution >= 4 is 39.3 Å². The highest BCUT2D eigenvalue weighted by Crippen LogP contribution is 2.23. The van der Waals surface area contributed by atoms with Crippen molar-refractivity contribution in [2.24, 2.45) is 0 Å². The third-order valence-electron chi connectivity index (χ3n) is 5.21. The Hall–Kier alpha value is -2.67. The molecular formula is C22H22BrN3O3. The van der Waals surface area contributed by atoms with Crippen LogP contribution in [0.4, 0.5) is 5.69 Å². The molecule has 2 aromatic carbocycles. The molecule has 1 saturated carbocycles. The third kappa shape index (κ3) is 4.67. The van der Waals surface area contributed by atoms with E-state index in [4.69, 9.17) is 0 Å². The normalized spacial score (nSPS) is 18.4. The van der Waals surface area contributed by atoms with E-state index in [1.807, 2.05) is 12.1 Å². The lowest BCUT2D eigenvalue weighted by molar-refractivity contribution is -0.119. The van der Waals surface area contributed by atoms with Gasteiger partial charge < -0.3 is 15.5 Å². The number of anilines is 1. The van der Waals surface area contributed by atoms with Gasteiger partial charge in [-0.15, -0.1) is 0 Å². The summed E-state index contributed by atoms with van der Waals surface area (Å²) >= 11 is 3.37. The van der Waals surface area contributed by atoms with Gasteiger partial charge in [0.05, 0.1) is 0 Å². The molecule has 2 fully saturated rings. The number of rotatable bonds is 5. The number of nitrogens with one attached hydrogen (secondary N) is 2. The zero-order valence-corrected chi connectivity index (χ0v) is 17.4. The molecule has 2 aliphatic rings. The zero-order chi connectivity index (χ0) is 20.4. The van der Waals surface area contributed by atoms with E-state index in [0.717, 1.165) is 23.7 Å². The van der Waals surface area contributed by atoms with Gasteiger partial charge >= 0.3 is 0 Å². The summed E-state index contributed by atoms with van der Waals surface area (Å²) < 4.78 is 0.898. The van der Waals surface area contributed by atoms with Crippen LogP contribution >= 0.6 is 15.9 Å². The van der Waals surface area contributed by atoms with Crippen LogP contribution < -0.4 is 10.6 Å². The molecule has 2 N–H and O–H groups in total. The molecule has 0 aromatic heterocycles. The maximum absolute atomic E-state index is 12.9. The van der Waals surface area contributed by atoms with E-state index in [9.17, 15) is 14.4 Å². The SMILES string of the molecule is O=C(NC1CC1)c1cccc(NC(=O)C2CCCN2C(=O)c2ccc(Br)cc2)c1. The number of hydrogen-bond donors (Lipinski definition) is 2. The molecule has 1 aliphatic heterocycles. The quantitative estimate of drug-likeness (QED) is 0.722. The Balaban J connectivity index is 1.44. The standard InChI is InChI=1S/C22H22BrN3O3/c23-16-8-6-14(7-9-16)22(29)26-12-2-5-19(26)21(28)25-18-4-1-3-15(13-18)20(27)24-17-10-11-17/h1,3-4,6-9,13,17,19H,2,5,10-12H2,(H,24,27)(H,25,28). The van der Waals surface area contributed by atoms with Crippen molar-refractivity contribution in [1.29, 1.82) is 0 Å². The fraction of sp³-hybridized carbons (Fsp3) is 0.318. The molecule has 1 heterocycles. The first-order valence-corrected chi connectivity index (χ1v) is 10.6. The van der Waals surface area contributed by atoms with Crippen molar-refractivity contribution in [2.45, 2.75) is 37.8 Å². The van der Waals surface area contributed by atoms with E-state index in [1.54, 1.807) is 41.3 Å². The monoisotopic (exact) mass is 455 g/mol. The lowest BCUT2D eigenvalue weighted by Crippen LogP contribution is -2.43. The maximum atomic E-state index is 12.9. The zero-order valence-electron chi connectivity index (χ0n) is 15.9. The van der Waals surface area contributed by atoms with E-state index < -0.39 is 6.04 Å². The molecule has 1 unspecified atom stereocenters. The fourth-order valence-corrected chi connectivity index (χ4v) is 3.77. The van der Waals surface area contributed by atoms with Gasteiger partial charge in [-0.05, 0) is 68.1 Å². The van der Waals surface area contributed by atoms with Crippen LogP contribution in [0.1, 0.15) is 46.4 Å². The van der Waals surface area contributed by atoms with Crippen molar-refractivity contribution < 1.29 is 14.4 Å². The van der Waals surface area contributed by atoms with Crippen molar-refractivity contribution in [3.05, 3.63) is 64.1 Å². The molecule has 6 nitrogen and oxygen atoms in total. The molecular weight excluding hydrogens is 434 g/mol. The van der Waals surface area contributed by atoms with Gasteiger partial charge in [0.25, 0.3) is 11.8 Å². The van der Waals surface area contributed by atoms with E-state index in [1.165, 1.54) is 0 Å². The van der Waals surface area contributed by atoms with Gasteiger partial charge in [0.2, 0.25) is 5.91 Å². The molecule has 1 atom stereocenters. The Morgan fingerprint density at radius 3 is 2.45 bits per heavy atom. The smallest absolute Gasteiger partial charge is 0.254 e. The predicted molar refractivity (Wildman–Crippen MR) is 114 cm³/mol. The van der Waals surface area contributed by atoms with Gasteiger partial charge in [0, 0.05) is 33.9 Å². The maximum Gasteiger partial charge on any atom is 0.254 e. The van der Waals surface area contributed by atoms with Gasteiger partial charge in [-0.2, -0.15) is 0 Å². The highest BCUT2D eigenvalue weighted by atomic mass is 79.9. The van der Waals surface area contributed by atoms with Crippen molar-refractivity contribution in [2.75, 3.05) is 11.9 Å². The van der Waals surface area contributed by atoms with Crippen LogP contribution in [0.2, 0.25) is 0 Å². The molecule has 1 saturated heterocycles. The minimum Gasteiger partial charge on any atom is -0.349 e. The molecule has 2 aromatic rings. The Morgan fingerprint density at radius 1 is 0.966 bits per heavy atom. The molecule has 3 amide bonds. The van der Waals surface area contributed by atoms with E-state index >= 15 is 0 Å². The summed E-state index contributed by atoms with van der Waals surface area (Å²) in [4.78, 5) is 39.6. The number of carbonyl (C=O) groups excluding carboxylic acids is 3. The molecule has 4 rings (SSSR count). The number of amides is 3. The largest absolute Gasteiger partial charge is 0.349 e. The number of halogens is 1. The second-order valence-corrected chi connectivity index (χ2v) is 8.40. The first-order valence-electron chi connectivity index (χ1n) is 9.79. The Morgan fingerprint density at radius 2 is 1.72 bits per heavy atom. The number of hydrogen-bond acceptors (Lipinski definition) is 3. The van der Waals surface area contributed by atoms with Crippen LogP contribution in [-0.4, -0.2) is 41.2 Å². The predicted octanol–water partition coefficient (Wildman–Crippen LogP) is 3.58. The number of nitrogens with zero attached hydrogens (tertiary/aromatic N) is 1. The molecule has 0 bridgehead atoms. The Bertz CT molecular complexity index is 941. The molecule has 29 heavy (non-hydrogen) atoms. The highest BCUT2D eigenvalue weighted by molar-refractivity contribution is 9.10. The lowest BCUT2D eigenvalue weighted by Gasteiger charge is -2.24. The van der Waals surface area contributed by atoms with Gasteiger partial charge in [-0.25, -0.2) is 0 Å². The summed E-state index contributed by atoms with van der Waals surface area (Å²) in [6.07, 6.45) is 3.44. The molecule has 7 heteroatoms.